The van der Waals surface area contributed by atoms with Crippen LogP contribution < -0.4 is 4.74 Å². The molecule has 0 saturated carbocycles. The van der Waals surface area contributed by atoms with E-state index in [0.29, 0.717) is 25.3 Å². The van der Waals surface area contributed by atoms with Crippen LogP contribution in [0.3, 0.4) is 0 Å². The van der Waals surface area contributed by atoms with Crippen LogP contribution in [-0.2, 0) is 0 Å². The molecule has 0 atom stereocenters. The number of carbonyl (C=O) groups excluding carboxylic acids is 1. The number of imidazole rings is 1. The first-order valence-corrected chi connectivity index (χ1v) is 9.81. The number of β-amino-alcohol motifs (C(OH)–C–C–N with tert-alkyl or cyclic N) is 1. The molecule has 0 spiro atoms. The van der Waals surface area contributed by atoms with Gasteiger partial charge in [0.15, 0.2) is 4.96 Å². The van der Waals surface area contributed by atoms with Crippen molar-refractivity contribution in [3.8, 4) is 17.0 Å². The Balaban J connectivity index is 1.54. The molecular formula is C19H22N4O3S. The van der Waals surface area contributed by atoms with E-state index < -0.39 is 0 Å². The number of carbonyl (C=O) groups is 1. The number of benzene rings is 1. The Kier molecular flexibility index (Phi) is 5.11. The van der Waals surface area contributed by atoms with Gasteiger partial charge in [-0.2, -0.15) is 0 Å². The number of rotatable bonds is 5. The lowest BCUT2D eigenvalue weighted by Gasteiger charge is -2.34. The van der Waals surface area contributed by atoms with Crippen molar-refractivity contribution in [2.24, 2.45) is 0 Å². The molecule has 1 fully saturated rings. The van der Waals surface area contributed by atoms with E-state index in [1.165, 1.54) is 11.3 Å². The van der Waals surface area contributed by atoms with E-state index in [0.717, 1.165) is 35.1 Å². The first kappa shape index (κ1) is 18.0. The summed E-state index contributed by atoms with van der Waals surface area (Å²) in [6, 6.07) is 7.74. The largest absolute Gasteiger partial charge is 0.497 e. The number of aliphatic hydroxyl groups excluding tert-OH is 1. The number of hydrogen-bond acceptors (Lipinski definition) is 6. The monoisotopic (exact) mass is 386 g/mol. The predicted molar refractivity (Wildman–Crippen MR) is 104 cm³/mol. The topological polar surface area (TPSA) is 70.3 Å². The molecule has 3 heterocycles. The lowest BCUT2D eigenvalue weighted by atomic mass is 10.2. The molecule has 2 aromatic heterocycles. The number of thiazole rings is 1. The Hall–Kier alpha value is -2.42. The molecule has 0 bridgehead atoms. The molecule has 0 radical (unpaired) electrons. The van der Waals surface area contributed by atoms with Gasteiger partial charge in [-0.05, 0) is 24.3 Å². The van der Waals surface area contributed by atoms with Crippen molar-refractivity contribution in [2.45, 2.75) is 0 Å². The molecule has 1 N–H and O–H groups in total. The standard InChI is InChI=1S/C19H22N4O3S/c1-26-15-4-2-14(3-5-15)16-12-23-17(13-27-19(23)20-16)18(25)22-8-6-21(7-9-22)10-11-24/h2-5,12-13,24H,6-11H2,1H3. The van der Waals surface area contributed by atoms with E-state index in [4.69, 9.17) is 9.84 Å². The number of amides is 1. The van der Waals surface area contributed by atoms with E-state index in [-0.39, 0.29) is 12.5 Å². The molecule has 1 saturated heterocycles. The number of methoxy groups -OCH3 is 1. The van der Waals surface area contributed by atoms with Crippen molar-refractivity contribution in [3.63, 3.8) is 0 Å². The van der Waals surface area contributed by atoms with Gasteiger partial charge in [-0.3, -0.25) is 14.1 Å². The SMILES string of the molecule is COc1ccc(-c2cn3c(C(=O)N4CCN(CCO)CC4)csc3n2)cc1. The quantitative estimate of drug-likeness (QED) is 0.724. The fourth-order valence-electron chi connectivity index (χ4n) is 3.32. The first-order chi connectivity index (χ1) is 13.2. The van der Waals surface area contributed by atoms with E-state index in [9.17, 15) is 4.79 Å². The van der Waals surface area contributed by atoms with Gasteiger partial charge in [0.05, 0.1) is 19.4 Å². The van der Waals surface area contributed by atoms with Gasteiger partial charge in [-0.15, -0.1) is 11.3 Å². The van der Waals surface area contributed by atoms with Crippen LogP contribution in [-0.4, -0.2) is 76.6 Å². The van der Waals surface area contributed by atoms with Gasteiger partial charge in [0.2, 0.25) is 0 Å². The van der Waals surface area contributed by atoms with Gasteiger partial charge in [0, 0.05) is 49.9 Å². The molecular weight excluding hydrogens is 364 g/mol. The number of piperazine rings is 1. The molecule has 0 aliphatic carbocycles. The van der Waals surface area contributed by atoms with Crippen molar-refractivity contribution >= 4 is 22.2 Å². The zero-order valence-corrected chi connectivity index (χ0v) is 16.0. The summed E-state index contributed by atoms with van der Waals surface area (Å²) >= 11 is 1.47. The van der Waals surface area contributed by atoms with Crippen LogP contribution >= 0.6 is 11.3 Å². The average Bonchev–Trinajstić information content (AvgIpc) is 3.29. The predicted octanol–water partition coefficient (Wildman–Crippen LogP) is 1.82. The molecule has 1 aliphatic heterocycles. The van der Waals surface area contributed by atoms with Crippen LogP contribution in [0.2, 0.25) is 0 Å². The summed E-state index contributed by atoms with van der Waals surface area (Å²) < 4.78 is 7.08. The summed E-state index contributed by atoms with van der Waals surface area (Å²) in [5, 5.41) is 10.9. The fourth-order valence-corrected chi connectivity index (χ4v) is 4.16. The van der Waals surface area contributed by atoms with E-state index in [1.807, 2.05) is 45.1 Å². The zero-order valence-electron chi connectivity index (χ0n) is 15.2. The van der Waals surface area contributed by atoms with Crippen LogP contribution in [0.1, 0.15) is 10.5 Å². The summed E-state index contributed by atoms with van der Waals surface area (Å²) in [5.74, 6) is 0.833. The molecule has 1 amide bonds. The van der Waals surface area contributed by atoms with Crippen molar-refractivity contribution in [3.05, 3.63) is 41.5 Å². The van der Waals surface area contributed by atoms with Crippen molar-refractivity contribution in [2.75, 3.05) is 46.4 Å². The minimum atomic E-state index is 0.0311. The Morgan fingerprint density at radius 3 is 2.63 bits per heavy atom. The summed E-state index contributed by atoms with van der Waals surface area (Å²) in [6.45, 7) is 3.76. The lowest BCUT2D eigenvalue weighted by molar-refractivity contribution is 0.0608. The Labute approximate surface area is 161 Å². The third-order valence-electron chi connectivity index (χ3n) is 4.89. The zero-order chi connectivity index (χ0) is 18.8. The van der Waals surface area contributed by atoms with Gasteiger partial charge in [-0.25, -0.2) is 4.98 Å². The van der Waals surface area contributed by atoms with Gasteiger partial charge in [0.25, 0.3) is 5.91 Å². The second-order valence-corrected chi connectivity index (χ2v) is 7.32. The third-order valence-corrected chi connectivity index (χ3v) is 5.73. The molecule has 1 aromatic carbocycles. The maximum atomic E-state index is 13.0. The Morgan fingerprint density at radius 2 is 1.96 bits per heavy atom. The Morgan fingerprint density at radius 1 is 1.22 bits per heavy atom. The summed E-state index contributed by atoms with van der Waals surface area (Å²) in [6.07, 6.45) is 1.92. The summed E-state index contributed by atoms with van der Waals surface area (Å²) in [4.78, 5) is 22.5. The third kappa shape index (κ3) is 3.55. The molecule has 1 aliphatic rings. The first-order valence-electron chi connectivity index (χ1n) is 8.93. The van der Waals surface area contributed by atoms with Gasteiger partial charge in [-0.1, -0.05) is 0 Å². The molecule has 27 heavy (non-hydrogen) atoms. The molecule has 4 rings (SSSR count). The van der Waals surface area contributed by atoms with E-state index in [1.54, 1.807) is 7.11 Å². The van der Waals surface area contributed by atoms with Crippen molar-refractivity contribution < 1.29 is 14.6 Å². The second kappa shape index (κ2) is 7.67. The highest BCUT2D eigenvalue weighted by Gasteiger charge is 2.24. The number of ether oxygens (including phenoxy) is 1. The van der Waals surface area contributed by atoms with Crippen LogP contribution in [0.5, 0.6) is 5.75 Å². The van der Waals surface area contributed by atoms with Crippen LogP contribution in [0.15, 0.2) is 35.8 Å². The van der Waals surface area contributed by atoms with E-state index in [2.05, 4.69) is 9.88 Å². The highest BCUT2D eigenvalue weighted by molar-refractivity contribution is 7.15. The number of nitrogens with zero attached hydrogens (tertiary/aromatic N) is 4. The maximum Gasteiger partial charge on any atom is 0.271 e. The fraction of sp³-hybridized carbons (Fsp3) is 0.368. The minimum absolute atomic E-state index is 0.0311. The van der Waals surface area contributed by atoms with Crippen molar-refractivity contribution in [1.82, 2.24) is 19.2 Å². The normalized spacial score (nSPS) is 15.4. The molecule has 8 heteroatoms. The average molecular weight is 386 g/mol. The highest BCUT2D eigenvalue weighted by Crippen LogP contribution is 2.26. The maximum absolute atomic E-state index is 13.0. The Bertz CT molecular complexity index is 926. The number of aromatic nitrogens is 2. The number of fused-ring (bicyclic) bond motifs is 1. The molecule has 0 unspecified atom stereocenters. The highest BCUT2D eigenvalue weighted by atomic mass is 32.1. The van der Waals surface area contributed by atoms with Crippen molar-refractivity contribution in [1.29, 1.82) is 0 Å². The number of aliphatic hydroxyl groups is 1. The summed E-state index contributed by atoms with van der Waals surface area (Å²) in [7, 11) is 1.64. The van der Waals surface area contributed by atoms with Gasteiger partial charge in [0.1, 0.15) is 11.4 Å². The second-order valence-electron chi connectivity index (χ2n) is 6.49. The minimum Gasteiger partial charge on any atom is -0.497 e. The van der Waals surface area contributed by atoms with Gasteiger partial charge >= 0.3 is 0 Å². The van der Waals surface area contributed by atoms with Crippen LogP contribution in [0, 0.1) is 0 Å². The molecule has 3 aromatic rings. The van der Waals surface area contributed by atoms with E-state index >= 15 is 0 Å². The molecule has 142 valence electrons. The van der Waals surface area contributed by atoms with Crippen LogP contribution in [0.4, 0.5) is 0 Å². The smallest absolute Gasteiger partial charge is 0.271 e. The van der Waals surface area contributed by atoms with Crippen LogP contribution in [0.25, 0.3) is 16.2 Å². The molecule has 7 nitrogen and oxygen atoms in total. The lowest BCUT2D eigenvalue weighted by Crippen LogP contribution is -2.49. The number of hydrogen-bond donors (Lipinski definition) is 1. The van der Waals surface area contributed by atoms with Gasteiger partial charge < -0.3 is 14.7 Å². The summed E-state index contributed by atoms with van der Waals surface area (Å²) in [5.41, 5.74) is 2.48.